The van der Waals surface area contributed by atoms with Gasteiger partial charge in [-0.25, -0.2) is 4.79 Å². The first-order chi connectivity index (χ1) is 8.65. The van der Waals surface area contributed by atoms with Crippen LogP contribution in [0.2, 0.25) is 0 Å². The maximum absolute atomic E-state index is 12.3. The molecule has 0 saturated carbocycles. The summed E-state index contributed by atoms with van der Waals surface area (Å²) < 4.78 is 4.90. The molecule has 0 aliphatic heterocycles. The lowest BCUT2D eigenvalue weighted by Crippen LogP contribution is -2.25. The van der Waals surface area contributed by atoms with Crippen molar-refractivity contribution in [1.29, 1.82) is 0 Å². The Morgan fingerprint density at radius 2 is 2.28 bits per heavy atom. The van der Waals surface area contributed by atoms with Crippen molar-refractivity contribution in [1.82, 2.24) is 10.3 Å². The highest BCUT2D eigenvalue weighted by Gasteiger charge is 2.18. The average Bonchev–Trinajstić information content (AvgIpc) is 2.74. The zero-order chi connectivity index (χ0) is 13.1. The van der Waals surface area contributed by atoms with Crippen LogP contribution in [0.4, 0.5) is 0 Å². The van der Waals surface area contributed by atoms with Crippen LogP contribution in [0.5, 0.6) is 0 Å². The Bertz CT molecular complexity index is 612. The predicted octanol–water partition coefficient (Wildman–Crippen LogP) is 1.55. The topological polar surface area (TPSA) is 75.1 Å². The van der Waals surface area contributed by atoms with E-state index in [-0.39, 0.29) is 11.7 Å². The third-order valence-electron chi connectivity index (χ3n) is 3.02. The van der Waals surface area contributed by atoms with Crippen LogP contribution in [0.3, 0.4) is 0 Å². The molecule has 5 heteroatoms. The molecule has 0 aliphatic carbocycles. The number of carbonyl (C=O) groups is 1. The molecule has 0 spiro atoms. The van der Waals surface area contributed by atoms with Gasteiger partial charge in [-0.2, -0.15) is 0 Å². The van der Waals surface area contributed by atoms with E-state index in [0.717, 1.165) is 6.42 Å². The summed E-state index contributed by atoms with van der Waals surface area (Å²) in [5.41, 5.74) is 1.63. The fourth-order valence-electron chi connectivity index (χ4n) is 2.01. The summed E-state index contributed by atoms with van der Waals surface area (Å²) in [5, 5.41) is 3.01. The number of hydrogen-bond acceptors (Lipinski definition) is 4. The number of nitrogens with one attached hydrogen (secondary N) is 2. The fourth-order valence-corrected chi connectivity index (χ4v) is 2.01. The van der Waals surface area contributed by atoms with Gasteiger partial charge in [0.15, 0.2) is 11.4 Å². The molecular weight excluding hydrogens is 232 g/mol. The number of rotatable bonds is 5. The van der Waals surface area contributed by atoms with Crippen LogP contribution in [-0.4, -0.2) is 24.4 Å². The van der Waals surface area contributed by atoms with Gasteiger partial charge in [-0.3, -0.25) is 9.78 Å². The van der Waals surface area contributed by atoms with Gasteiger partial charge in [0, 0.05) is 18.0 Å². The monoisotopic (exact) mass is 248 g/mol. The largest absolute Gasteiger partial charge is 0.417 e. The molecule has 2 rings (SSSR count). The van der Waals surface area contributed by atoms with Crippen LogP contribution in [0.25, 0.3) is 11.1 Å². The smallest absolute Gasteiger partial charge is 0.408 e. The molecule has 18 heavy (non-hydrogen) atoms. The molecule has 0 bridgehead atoms. The van der Waals surface area contributed by atoms with Crippen LogP contribution in [0.1, 0.15) is 23.7 Å². The number of H-pyrrole nitrogens is 1. The van der Waals surface area contributed by atoms with Crippen molar-refractivity contribution in [3.05, 3.63) is 34.3 Å². The molecule has 96 valence electrons. The standard InChI is InChI=1S/C13H16N2O3/c1-3-8(7-14-2)12(16)9-4-5-11-10(6-9)15-13(17)18-11/h4-6,8,14H,3,7H2,1-2H3,(H,15,17). The second-order valence-corrected chi connectivity index (χ2v) is 4.25. The van der Waals surface area contributed by atoms with E-state index in [1.807, 2.05) is 14.0 Å². The Balaban J connectivity index is 2.34. The highest BCUT2D eigenvalue weighted by atomic mass is 16.4. The number of hydrogen-bond donors (Lipinski definition) is 2. The molecule has 2 N–H and O–H groups in total. The van der Waals surface area contributed by atoms with Crippen molar-refractivity contribution in [3.8, 4) is 0 Å². The molecule has 1 heterocycles. The predicted molar refractivity (Wildman–Crippen MR) is 68.9 cm³/mol. The summed E-state index contributed by atoms with van der Waals surface area (Å²) in [7, 11) is 1.83. The maximum Gasteiger partial charge on any atom is 0.417 e. The molecule has 0 radical (unpaired) electrons. The van der Waals surface area contributed by atoms with E-state index in [1.54, 1.807) is 18.2 Å². The summed E-state index contributed by atoms with van der Waals surface area (Å²) in [6.45, 7) is 2.63. The second kappa shape index (κ2) is 5.18. The Kier molecular flexibility index (Phi) is 3.62. The highest BCUT2D eigenvalue weighted by Crippen LogP contribution is 2.17. The van der Waals surface area contributed by atoms with Gasteiger partial charge in [-0.1, -0.05) is 6.92 Å². The molecule has 5 nitrogen and oxygen atoms in total. The summed E-state index contributed by atoms with van der Waals surface area (Å²) in [6, 6.07) is 5.01. The molecule has 1 aromatic carbocycles. The lowest BCUT2D eigenvalue weighted by atomic mass is 9.95. The summed E-state index contributed by atoms with van der Waals surface area (Å²) >= 11 is 0. The van der Waals surface area contributed by atoms with Gasteiger partial charge in [0.05, 0.1) is 5.52 Å². The van der Waals surface area contributed by atoms with Gasteiger partial charge < -0.3 is 9.73 Å². The third kappa shape index (κ3) is 2.36. The summed E-state index contributed by atoms with van der Waals surface area (Å²) in [5.74, 6) is -0.473. The Labute approximate surface area is 104 Å². The molecule has 1 atom stereocenters. The van der Waals surface area contributed by atoms with E-state index in [2.05, 4.69) is 10.3 Å². The molecule has 0 fully saturated rings. The zero-order valence-electron chi connectivity index (χ0n) is 10.4. The first-order valence-electron chi connectivity index (χ1n) is 5.97. The van der Waals surface area contributed by atoms with Gasteiger partial charge in [0.1, 0.15) is 0 Å². The number of oxazole rings is 1. The minimum absolute atomic E-state index is 0.0499. The molecular formula is C13H16N2O3. The Morgan fingerprint density at radius 3 is 2.94 bits per heavy atom. The maximum atomic E-state index is 12.3. The van der Waals surface area contributed by atoms with Crippen LogP contribution in [0.15, 0.2) is 27.4 Å². The number of fused-ring (bicyclic) bond motifs is 1. The lowest BCUT2D eigenvalue weighted by Gasteiger charge is -2.12. The van der Waals surface area contributed by atoms with E-state index in [0.29, 0.717) is 23.2 Å². The number of benzene rings is 1. The van der Waals surface area contributed by atoms with Crippen molar-refractivity contribution in [3.63, 3.8) is 0 Å². The Morgan fingerprint density at radius 1 is 1.50 bits per heavy atom. The van der Waals surface area contributed by atoms with Gasteiger partial charge in [0.25, 0.3) is 0 Å². The normalized spacial score (nSPS) is 12.8. The van der Waals surface area contributed by atoms with Crippen molar-refractivity contribution in [2.75, 3.05) is 13.6 Å². The first-order valence-corrected chi connectivity index (χ1v) is 5.97. The quantitative estimate of drug-likeness (QED) is 0.787. The van der Waals surface area contributed by atoms with Crippen LogP contribution >= 0.6 is 0 Å². The average molecular weight is 248 g/mol. The number of carbonyl (C=O) groups excluding carboxylic acids is 1. The van der Waals surface area contributed by atoms with E-state index < -0.39 is 5.76 Å². The summed E-state index contributed by atoms with van der Waals surface area (Å²) in [6.07, 6.45) is 0.777. The molecule has 2 aromatic rings. The van der Waals surface area contributed by atoms with Crippen LogP contribution in [-0.2, 0) is 0 Å². The minimum Gasteiger partial charge on any atom is -0.408 e. The second-order valence-electron chi connectivity index (χ2n) is 4.25. The number of Topliss-reactive ketones (excluding diaryl/α,β-unsaturated/α-hetero) is 1. The Hall–Kier alpha value is -1.88. The minimum atomic E-state index is -0.503. The van der Waals surface area contributed by atoms with Gasteiger partial charge in [0.2, 0.25) is 0 Å². The van der Waals surface area contributed by atoms with Crippen molar-refractivity contribution in [2.45, 2.75) is 13.3 Å². The molecule has 0 saturated heterocycles. The molecule has 1 aromatic heterocycles. The molecule has 0 aliphatic rings. The molecule has 0 amide bonds. The van der Waals surface area contributed by atoms with E-state index >= 15 is 0 Å². The van der Waals surface area contributed by atoms with Crippen molar-refractivity contribution in [2.24, 2.45) is 5.92 Å². The fraction of sp³-hybridized carbons (Fsp3) is 0.385. The van der Waals surface area contributed by atoms with Crippen LogP contribution < -0.4 is 11.1 Å². The third-order valence-corrected chi connectivity index (χ3v) is 3.02. The first kappa shape index (κ1) is 12.6. The van der Waals surface area contributed by atoms with E-state index in [1.165, 1.54) is 0 Å². The van der Waals surface area contributed by atoms with Crippen molar-refractivity contribution >= 4 is 16.9 Å². The SMILES string of the molecule is CCC(CNC)C(=O)c1ccc2oc(=O)[nH]c2c1. The van der Waals surface area contributed by atoms with Gasteiger partial charge >= 0.3 is 5.76 Å². The lowest BCUT2D eigenvalue weighted by molar-refractivity contribution is 0.0917. The number of aromatic amines is 1. The number of aromatic nitrogens is 1. The molecule has 1 unspecified atom stereocenters. The highest BCUT2D eigenvalue weighted by molar-refractivity contribution is 6.00. The summed E-state index contributed by atoms with van der Waals surface area (Å²) in [4.78, 5) is 25.9. The van der Waals surface area contributed by atoms with E-state index in [9.17, 15) is 9.59 Å². The van der Waals surface area contributed by atoms with Crippen molar-refractivity contribution < 1.29 is 9.21 Å². The number of ketones is 1. The zero-order valence-corrected chi connectivity index (χ0v) is 10.4. The van der Waals surface area contributed by atoms with Gasteiger partial charge in [-0.05, 0) is 31.7 Å². The van der Waals surface area contributed by atoms with Crippen LogP contribution in [0, 0.1) is 5.92 Å². The van der Waals surface area contributed by atoms with E-state index in [4.69, 9.17) is 4.42 Å². The van der Waals surface area contributed by atoms with Gasteiger partial charge in [-0.15, -0.1) is 0 Å².